The molecule has 30 heavy (non-hydrogen) atoms. The molecule has 0 unspecified atom stereocenters. The maximum absolute atomic E-state index is 13.6. The van der Waals surface area contributed by atoms with E-state index < -0.39 is 0 Å². The summed E-state index contributed by atoms with van der Waals surface area (Å²) in [4.78, 5) is 24.3. The third-order valence-electron chi connectivity index (χ3n) is 5.00. The van der Waals surface area contributed by atoms with Crippen molar-refractivity contribution in [1.82, 2.24) is 9.71 Å². The molecule has 0 radical (unpaired) electrons. The molecule has 1 aliphatic rings. The van der Waals surface area contributed by atoms with E-state index in [4.69, 9.17) is 24.0 Å². The number of benzene rings is 1. The van der Waals surface area contributed by atoms with E-state index in [1.54, 1.807) is 14.2 Å². The van der Waals surface area contributed by atoms with Crippen molar-refractivity contribution in [2.24, 2.45) is 0 Å². The van der Waals surface area contributed by atoms with Crippen LogP contribution in [0.3, 0.4) is 0 Å². The Morgan fingerprint density at radius 3 is 2.57 bits per heavy atom. The van der Waals surface area contributed by atoms with Gasteiger partial charge in [0.15, 0.2) is 0 Å². The molecule has 0 saturated heterocycles. The maximum Gasteiger partial charge on any atom is 0.291 e. The van der Waals surface area contributed by atoms with Crippen molar-refractivity contribution < 1.29 is 19.0 Å². The number of aromatic nitrogens is 2. The Bertz CT molecular complexity index is 913. The average molecular weight is 435 g/mol. The molecule has 0 amide bonds. The number of hydrogen-bond acceptors (Lipinski definition) is 7. The summed E-state index contributed by atoms with van der Waals surface area (Å²) in [6.07, 6.45) is 0.781. The van der Waals surface area contributed by atoms with Crippen LogP contribution in [0.4, 0.5) is 0 Å². The molecule has 1 aromatic carbocycles. The van der Waals surface area contributed by atoms with Gasteiger partial charge in [0, 0.05) is 31.0 Å². The minimum Gasteiger partial charge on any atom is -0.406 e. The summed E-state index contributed by atoms with van der Waals surface area (Å²) in [6, 6.07) is 8.16. The zero-order chi connectivity index (χ0) is 21.6. The number of methoxy groups -OCH3 is 2. The van der Waals surface area contributed by atoms with Gasteiger partial charge in [-0.25, -0.2) is 4.98 Å². The second kappa shape index (κ2) is 10.4. The van der Waals surface area contributed by atoms with Gasteiger partial charge in [-0.15, -0.1) is 4.73 Å². The van der Waals surface area contributed by atoms with Gasteiger partial charge in [0.25, 0.3) is 5.56 Å². The molecule has 0 fully saturated rings. The summed E-state index contributed by atoms with van der Waals surface area (Å²) < 4.78 is 16.9. The van der Waals surface area contributed by atoms with E-state index in [1.807, 2.05) is 18.2 Å². The molecular formula is C22H30N2O5S. The van der Waals surface area contributed by atoms with Crippen LogP contribution in [0.1, 0.15) is 25.0 Å². The molecule has 0 bridgehead atoms. The van der Waals surface area contributed by atoms with Gasteiger partial charge in [0.2, 0.25) is 5.16 Å². The van der Waals surface area contributed by atoms with E-state index in [1.165, 1.54) is 22.1 Å². The zero-order valence-electron chi connectivity index (χ0n) is 18.1. The van der Waals surface area contributed by atoms with E-state index >= 15 is 0 Å². The van der Waals surface area contributed by atoms with Crippen LogP contribution in [0.15, 0.2) is 34.2 Å². The smallest absolute Gasteiger partial charge is 0.291 e. The number of hydrogen-bond donors (Lipinski definition) is 0. The summed E-state index contributed by atoms with van der Waals surface area (Å²) in [5, 5.41) is 0.528. The molecule has 3 rings (SSSR count). The van der Waals surface area contributed by atoms with Gasteiger partial charge in [-0.2, -0.15) is 0 Å². The lowest BCUT2D eigenvalue weighted by atomic mass is 9.72. The summed E-state index contributed by atoms with van der Waals surface area (Å²) >= 11 is 1.45. The Kier molecular flexibility index (Phi) is 7.93. The highest BCUT2D eigenvalue weighted by Crippen LogP contribution is 2.40. The largest absolute Gasteiger partial charge is 0.406 e. The molecule has 0 N–H and O–H groups in total. The summed E-state index contributed by atoms with van der Waals surface area (Å²) in [6.45, 7) is 6.34. The summed E-state index contributed by atoms with van der Waals surface area (Å²) in [5.74, 6) is 0.667. The number of ether oxygens (including phenoxy) is 3. The van der Waals surface area contributed by atoms with Gasteiger partial charge in [-0.3, -0.25) is 4.79 Å². The minimum absolute atomic E-state index is 0.156. The van der Waals surface area contributed by atoms with Gasteiger partial charge in [0.1, 0.15) is 6.61 Å². The molecule has 1 heterocycles. The highest BCUT2D eigenvalue weighted by atomic mass is 32.2. The van der Waals surface area contributed by atoms with Crippen molar-refractivity contribution >= 4 is 11.8 Å². The second-order valence-corrected chi connectivity index (χ2v) is 8.78. The predicted molar refractivity (Wildman–Crippen MR) is 117 cm³/mol. The van der Waals surface area contributed by atoms with Crippen LogP contribution < -0.4 is 10.4 Å². The van der Waals surface area contributed by atoms with Crippen molar-refractivity contribution in [3.05, 3.63) is 45.7 Å². The summed E-state index contributed by atoms with van der Waals surface area (Å²) in [5.41, 5.74) is 3.17. The van der Waals surface area contributed by atoms with Crippen LogP contribution in [0.2, 0.25) is 0 Å². The van der Waals surface area contributed by atoms with Crippen LogP contribution in [-0.4, -0.2) is 62.7 Å². The highest BCUT2D eigenvalue weighted by molar-refractivity contribution is 7.99. The predicted octanol–water partition coefficient (Wildman–Crippen LogP) is 2.57. The van der Waals surface area contributed by atoms with Crippen LogP contribution in [0.5, 0.6) is 0 Å². The van der Waals surface area contributed by atoms with Gasteiger partial charge in [0.05, 0.1) is 37.7 Å². The molecule has 8 heteroatoms. The Hall–Kier alpha value is -1.87. The Labute approximate surface area is 181 Å². The van der Waals surface area contributed by atoms with Gasteiger partial charge >= 0.3 is 0 Å². The molecule has 164 valence electrons. The first-order valence-corrected chi connectivity index (χ1v) is 11.1. The Balaban J connectivity index is 1.96. The van der Waals surface area contributed by atoms with Crippen LogP contribution >= 0.6 is 11.8 Å². The molecule has 2 aromatic rings. The summed E-state index contributed by atoms with van der Waals surface area (Å²) in [7, 11) is 3.28. The molecule has 1 aromatic heterocycles. The SMILES string of the molecule is COCCOCCOn1c(SCCOC)nc2c(c1=O)C(C)(C)Cc1ccccc1-2. The third kappa shape index (κ3) is 5.06. The average Bonchev–Trinajstić information content (AvgIpc) is 2.71. The number of thioether (sulfide) groups is 1. The van der Waals surface area contributed by atoms with E-state index in [0.29, 0.717) is 42.9 Å². The first-order chi connectivity index (χ1) is 14.5. The molecular weight excluding hydrogens is 404 g/mol. The molecule has 0 aliphatic heterocycles. The lowest BCUT2D eigenvalue weighted by Crippen LogP contribution is -2.41. The molecule has 0 atom stereocenters. The molecule has 7 nitrogen and oxygen atoms in total. The van der Waals surface area contributed by atoms with Crippen molar-refractivity contribution in [2.75, 3.05) is 53.0 Å². The first-order valence-electron chi connectivity index (χ1n) is 10.1. The molecule has 0 saturated carbocycles. The van der Waals surface area contributed by atoms with E-state index in [-0.39, 0.29) is 17.6 Å². The normalized spacial score (nSPS) is 14.3. The number of fused-ring (bicyclic) bond motifs is 3. The molecule has 1 aliphatic carbocycles. The Morgan fingerprint density at radius 1 is 1.07 bits per heavy atom. The van der Waals surface area contributed by atoms with Gasteiger partial charge in [-0.05, 0) is 12.0 Å². The van der Waals surface area contributed by atoms with Crippen LogP contribution in [-0.2, 0) is 26.0 Å². The number of rotatable bonds is 11. The zero-order valence-corrected chi connectivity index (χ0v) is 18.9. The van der Waals surface area contributed by atoms with Crippen molar-refractivity contribution in [1.29, 1.82) is 0 Å². The topological polar surface area (TPSA) is 71.8 Å². The first kappa shape index (κ1) is 22.8. The Morgan fingerprint density at radius 2 is 1.80 bits per heavy atom. The van der Waals surface area contributed by atoms with Gasteiger partial charge in [-0.1, -0.05) is 49.9 Å². The lowest BCUT2D eigenvalue weighted by Gasteiger charge is -2.33. The van der Waals surface area contributed by atoms with E-state index in [0.717, 1.165) is 17.7 Å². The maximum atomic E-state index is 13.6. The fourth-order valence-electron chi connectivity index (χ4n) is 3.61. The second-order valence-electron chi connectivity index (χ2n) is 7.71. The minimum atomic E-state index is -0.344. The third-order valence-corrected chi connectivity index (χ3v) is 5.88. The van der Waals surface area contributed by atoms with Crippen molar-refractivity contribution in [3.63, 3.8) is 0 Å². The van der Waals surface area contributed by atoms with E-state index in [9.17, 15) is 4.79 Å². The van der Waals surface area contributed by atoms with Crippen LogP contribution in [0, 0.1) is 0 Å². The fourth-order valence-corrected chi connectivity index (χ4v) is 4.46. The van der Waals surface area contributed by atoms with E-state index in [2.05, 4.69) is 19.9 Å². The molecule has 0 spiro atoms. The van der Waals surface area contributed by atoms with Crippen molar-refractivity contribution in [2.45, 2.75) is 30.8 Å². The standard InChI is InChI=1S/C22H30N2O5S/c1-22(2)15-16-7-5-6-8-17(16)19-18(22)20(25)24(21(23-19)30-14-13-27-4)29-12-11-28-10-9-26-3/h5-8H,9-15H2,1-4H3. The van der Waals surface area contributed by atoms with Gasteiger partial charge < -0.3 is 19.0 Å². The lowest BCUT2D eigenvalue weighted by molar-refractivity contribution is 0.00711. The highest BCUT2D eigenvalue weighted by Gasteiger charge is 2.36. The monoisotopic (exact) mass is 434 g/mol. The number of nitrogens with zero attached hydrogens (tertiary/aromatic N) is 2. The fraction of sp³-hybridized carbons (Fsp3) is 0.545. The van der Waals surface area contributed by atoms with Crippen molar-refractivity contribution in [3.8, 4) is 11.3 Å². The quantitative estimate of drug-likeness (QED) is 0.306. The van der Waals surface area contributed by atoms with Crippen LogP contribution in [0.25, 0.3) is 11.3 Å².